The highest BCUT2D eigenvalue weighted by Gasteiger charge is 2.37. The molecule has 0 bridgehead atoms. The first-order valence-corrected chi connectivity index (χ1v) is 9.95. The average molecular weight is 376 g/mol. The molecule has 7 nitrogen and oxygen atoms in total. The summed E-state index contributed by atoms with van der Waals surface area (Å²) in [5.41, 5.74) is 1.86. The summed E-state index contributed by atoms with van der Waals surface area (Å²) >= 11 is 0. The van der Waals surface area contributed by atoms with Crippen LogP contribution in [0, 0.1) is 0 Å². The molecule has 0 spiro atoms. The Labute approximate surface area is 163 Å². The summed E-state index contributed by atoms with van der Waals surface area (Å²) in [7, 11) is 0. The van der Waals surface area contributed by atoms with Crippen molar-refractivity contribution in [2.45, 2.75) is 31.3 Å². The molecule has 1 amide bonds. The summed E-state index contributed by atoms with van der Waals surface area (Å²) in [5.74, 6) is 1.17. The third-order valence-corrected chi connectivity index (χ3v) is 5.82. The number of hydrogen-bond donors (Lipinski definition) is 2. The minimum Gasteiger partial charge on any atom is -0.374 e. The van der Waals surface area contributed by atoms with Gasteiger partial charge in [-0.1, -0.05) is 18.2 Å². The van der Waals surface area contributed by atoms with E-state index in [0.29, 0.717) is 0 Å². The fraction of sp³-hybridized carbons (Fsp3) is 0.381. The van der Waals surface area contributed by atoms with E-state index >= 15 is 0 Å². The number of anilines is 2. The van der Waals surface area contributed by atoms with Crippen LogP contribution in [0.15, 0.2) is 48.9 Å². The van der Waals surface area contributed by atoms with Gasteiger partial charge in [-0.05, 0) is 37.5 Å². The van der Waals surface area contributed by atoms with E-state index in [9.17, 15) is 4.79 Å². The van der Waals surface area contributed by atoms with Crippen molar-refractivity contribution in [2.75, 3.05) is 29.9 Å². The van der Waals surface area contributed by atoms with Crippen LogP contribution in [-0.4, -0.2) is 57.5 Å². The summed E-state index contributed by atoms with van der Waals surface area (Å²) in [5, 5.41) is 4.43. The van der Waals surface area contributed by atoms with Crippen LogP contribution < -0.4 is 10.2 Å². The van der Waals surface area contributed by atoms with E-state index in [1.165, 1.54) is 0 Å². The molecule has 3 aromatic rings. The van der Waals surface area contributed by atoms with Gasteiger partial charge < -0.3 is 20.1 Å². The molecule has 5 rings (SSSR count). The Morgan fingerprint density at radius 3 is 2.86 bits per heavy atom. The monoisotopic (exact) mass is 376 g/mol. The number of rotatable bonds is 4. The van der Waals surface area contributed by atoms with Crippen molar-refractivity contribution in [3.05, 3.63) is 48.9 Å². The lowest BCUT2D eigenvalue weighted by atomic mass is 10.0. The van der Waals surface area contributed by atoms with Crippen LogP contribution in [-0.2, 0) is 4.79 Å². The summed E-state index contributed by atoms with van der Waals surface area (Å²) in [6, 6.07) is 12.1. The number of aromatic nitrogens is 3. The molecule has 4 heterocycles. The molecule has 144 valence electrons. The molecule has 2 N–H and O–H groups in total. The SMILES string of the molecule is O=C1[C@H](Nc2ccccc2)CCN1[C@@H]1CCCN(c2ncnc3[nH]ccc23)C1. The number of amides is 1. The Morgan fingerprint density at radius 1 is 1.07 bits per heavy atom. The van der Waals surface area contributed by atoms with Gasteiger partial charge in [0.15, 0.2) is 0 Å². The quantitative estimate of drug-likeness (QED) is 0.732. The first-order valence-electron chi connectivity index (χ1n) is 9.95. The smallest absolute Gasteiger partial charge is 0.245 e. The second-order valence-electron chi connectivity index (χ2n) is 7.56. The first-order chi connectivity index (χ1) is 13.8. The molecule has 2 fully saturated rings. The molecule has 2 saturated heterocycles. The molecular weight excluding hydrogens is 352 g/mol. The van der Waals surface area contributed by atoms with Crippen molar-refractivity contribution in [1.82, 2.24) is 19.9 Å². The number of benzene rings is 1. The van der Waals surface area contributed by atoms with E-state index in [1.807, 2.05) is 42.6 Å². The van der Waals surface area contributed by atoms with Crippen LogP contribution in [0.25, 0.3) is 11.0 Å². The Bertz CT molecular complexity index is 971. The number of likely N-dealkylation sites (tertiary alicyclic amines) is 1. The maximum atomic E-state index is 13.0. The van der Waals surface area contributed by atoms with E-state index in [1.54, 1.807) is 6.33 Å². The van der Waals surface area contributed by atoms with Gasteiger partial charge in [0.1, 0.15) is 23.8 Å². The highest BCUT2D eigenvalue weighted by atomic mass is 16.2. The van der Waals surface area contributed by atoms with E-state index in [0.717, 1.165) is 61.4 Å². The number of fused-ring (bicyclic) bond motifs is 1. The van der Waals surface area contributed by atoms with E-state index in [2.05, 4.69) is 30.1 Å². The topological polar surface area (TPSA) is 77.2 Å². The number of H-pyrrole nitrogens is 1. The molecule has 28 heavy (non-hydrogen) atoms. The molecule has 2 aromatic heterocycles. The molecular formula is C21H24N6O. The van der Waals surface area contributed by atoms with E-state index in [4.69, 9.17) is 0 Å². The van der Waals surface area contributed by atoms with Gasteiger partial charge in [0.05, 0.1) is 5.39 Å². The summed E-state index contributed by atoms with van der Waals surface area (Å²) < 4.78 is 0. The molecule has 1 aromatic carbocycles. The number of nitrogens with zero attached hydrogens (tertiary/aromatic N) is 4. The predicted octanol–water partition coefficient (Wildman–Crippen LogP) is 2.64. The minimum atomic E-state index is -0.131. The molecule has 0 saturated carbocycles. The first kappa shape index (κ1) is 17.0. The number of hydrogen-bond acceptors (Lipinski definition) is 5. The number of para-hydroxylation sites is 1. The van der Waals surface area contributed by atoms with Crippen LogP contribution in [0.4, 0.5) is 11.5 Å². The minimum absolute atomic E-state index is 0.131. The van der Waals surface area contributed by atoms with Gasteiger partial charge in [0.25, 0.3) is 0 Å². The third-order valence-electron chi connectivity index (χ3n) is 5.82. The van der Waals surface area contributed by atoms with Crippen molar-refractivity contribution < 1.29 is 4.79 Å². The normalized spacial score (nSPS) is 22.8. The summed E-state index contributed by atoms with van der Waals surface area (Å²) in [6.45, 7) is 2.59. The van der Waals surface area contributed by atoms with Gasteiger partial charge in [-0.2, -0.15) is 0 Å². The zero-order valence-electron chi connectivity index (χ0n) is 15.7. The van der Waals surface area contributed by atoms with Crippen molar-refractivity contribution in [3.63, 3.8) is 0 Å². The molecule has 2 aliphatic heterocycles. The zero-order valence-corrected chi connectivity index (χ0v) is 15.7. The Balaban J connectivity index is 1.30. The van der Waals surface area contributed by atoms with Gasteiger partial charge in [-0.3, -0.25) is 4.79 Å². The van der Waals surface area contributed by atoms with E-state index in [-0.39, 0.29) is 18.0 Å². The van der Waals surface area contributed by atoms with Crippen LogP contribution in [0.1, 0.15) is 19.3 Å². The van der Waals surface area contributed by atoms with Crippen molar-refractivity contribution in [3.8, 4) is 0 Å². The maximum Gasteiger partial charge on any atom is 0.245 e. The van der Waals surface area contributed by atoms with Crippen LogP contribution in [0.5, 0.6) is 0 Å². The number of carbonyl (C=O) groups excluding carboxylic acids is 1. The second-order valence-corrected chi connectivity index (χ2v) is 7.56. The Morgan fingerprint density at radius 2 is 1.96 bits per heavy atom. The van der Waals surface area contributed by atoms with Crippen LogP contribution in [0.3, 0.4) is 0 Å². The Kier molecular flexibility index (Phi) is 4.35. The predicted molar refractivity (Wildman–Crippen MR) is 109 cm³/mol. The molecule has 2 aliphatic rings. The number of aromatic amines is 1. The molecule has 7 heteroatoms. The highest BCUT2D eigenvalue weighted by Crippen LogP contribution is 2.28. The van der Waals surface area contributed by atoms with Gasteiger partial charge in [-0.15, -0.1) is 0 Å². The average Bonchev–Trinajstić information content (AvgIpc) is 3.36. The lowest BCUT2D eigenvalue weighted by Crippen LogP contribution is -2.50. The third kappa shape index (κ3) is 3.06. The number of piperidine rings is 1. The van der Waals surface area contributed by atoms with Crippen molar-refractivity contribution in [1.29, 1.82) is 0 Å². The molecule has 0 radical (unpaired) electrons. The fourth-order valence-corrected chi connectivity index (χ4v) is 4.45. The summed E-state index contributed by atoms with van der Waals surface area (Å²) in [4.78, 5) is 29.4. The molecule has 0 unspecified atom stereocenters. The summed E-state index contributed by atoms with van der Waals surface area (Å²) in [6.07, 6.45) is 6.45. The van der Waals surface area contributed by atoms with Gasteiger partial charge in [0, 0.05) is 37.6 Å². The lowest BCUT2D eigenvalue weighted by molar-refractivity contribution is -0.130. The largest absolute Gasteiger partial charge is 0.374 e. The van der Waals surface area contributed by atoms with Crippen molar-refractivity contribution >= 4 is 28.4 Å². The molecule has 0 aliphatic carbocycles. The number of carbonyl (C=O) groups is 1. The maximum absolute atomic E-state index is 13.0. The zero-order chi connectivity index (χ0) is 18.9. The van der Waals surface area contributed by atoms with Gasteiger partial charge >= 0.3 is 0 Å². The standard InChI is InChI=1S/C21H24N6O/c28-21-18(25-15-5-2-1-3-6-15)9-12-27(21)16-7-4-11-26(13-16)20-17-8-10-22-19(17)23-14-24-20/h1-3,5-6,8,10,14,16,18,25H,4,7,9,11-13H2,(H,22,23,24)/t16-,18-/m1/s1. The molecule has 2 atom stereocenters. The second kappa shape index (κ2) is 7.14. The van der Waals surface area contributed by atoms with Gasteiger partial charge in [-0.25, -0.2) is 9.97 Å². The highest BCUT2D eigenvalue weighted by molar-refractivity contribution is 5.88. The van der Waals surface area contributed by atoms with Crippen molar-refractivity contribution in [2.24, 2.45) is 0 Å². The van der Waals surface area contributed by atoms with Gasteiger partial charge in [0.2, 0.25) is 5.91 Å². The fourth-order valence-electron chi connectivity index (χ4n) is 4.45. The Hall–Kier alpha value is -3.09. The number of nitrogens with one attached hydrogen (secondary N) is 2. The van der Waals surface area contributed by atoms with Crippen LogP contribution in [0.2, 0.25) is 0 Å². The lowest BCUT2D eigenvalue weighted by Gasteiger charge is -2.38. The van der Waals surface area contributed by atoms with E-state index < -0.39 is 0 Å². The van der Waals surface area contributed by atoms with Crippen LogP contribution >= 0.6 is 0 Å².